The Bertz CT molecular complexity index is 802. The fraction of sp³-hybridized carbons (Fsp3) is 0.250. The van der Waals surface area contributed by atoms with Crippen LogP contribution in [0.3, 0.4) is 0 Å². The molecule has 2 amide bonds. The number of hydrogen-bond donors (Lipinski definition) is 2. The molecule has 2 rings (SSSR count). The van der Waals surface area contributed by atoms with E-state index in [1.54, 1.807) is 42.5 Å². The van der Waals surface area contributed by atoms with E-state index in [2.05, 4.69) is 10.6 Å². The lowest BCUT2D eigenvalue weighted by molar-refractivity contribution is -0.147. The predicted molar refractivity (Wildman–Crippen MR) is 102 cm³/mol. The number of carbonyl (C=O) groups excluding carboxylic acids is 3. The largest absolute Gasteiger partial charge is 0.495 e. The van der Waals surface area contributed by atoms with Crippen molar-refractivity contribution in [1.29, 1.82) is 0 Å². The molecule has 0 saturated heterocycles. The van der Waals surface area contributed by atoms with Crippen LogP contribution < -0.4 is 15.4 Å². The highest BCUT2D eigenvalue weighted by molar-refractivity contribution is 6.05. The third kappa shape index (κ3) is 6.14. The molecule has 0 unspecified atom stereocenters. The van der Waals surface area contributed by atoms with Gasteiger partial charge in [0, 0.05) is 17.7 Å². The number of ether oxygens (including phenoxy) is 2. The first-order valence-corrected chi connectivity index (χ1v) is 8.53. The lowest BCUT2D eigenvalue weighted by Gasteiger charge is -2.10. The molecule has 0 heterocycles. The summed E-state index contributed by atoms with van der Waals surface area (Å²) in [5.74, 6) is -0.583. The van der Waals surface area contributed by atoms with Gasteiger partial charge in [-0.25, -0.2) is 0 Å². The normalized spacial score (nSPS) is 10.0. The number of para-hydroxylation sites is 2. The van der Waals surface area contributed by atoms with Crippen molar-refractivity contribution < 1.29 is 23.9 Å². The van der Waals surface area contributed by atoms with Crippen molar-refractivity contribution in [2.24, 2.45) is 0 Å². The van der Waals surface area contributed by atoms with E-state index in [4.69, 9.17) is 9.47 Å². The van der Waals surface area contributed by atoms with E-state index in [-0.39, 0.29) is 18.9 Å². The summed E-state index contributed by atoms with van der Waals surface area (Å²) in [6.07, 6.45) is 0.947. The maximum Gasteiger partial charge on any atom is 0.306 e. The maximum atomic E-state index is 12.3. The quantitative estimate of drug-likeness (QED) is 0.696. The minimum atomic E-state index is -0.439. The third-order valence-corrected chi connectivity index (χ3v) is 3.60. The second-order valence-electron chi connectivity index (χ2n) is 5.69. The minimum absolute atomic E-state index is 0.281. The molecule has 27 heavy (non-hydrogen) atoms. The van der Waals surface area contributed by atoms with Gasteiger partial charge in [-0.05, 0) is 42.8 Å². The van der Waals surface area contributed by atoms with E-state index < -0.39 is 11.9 Å². The third-order valence-electron chi connectivity index (χ3n) is 3.60. The van der Waals surface area contributed by atoms with Crippen LogP contribution in [0.1, 0.15) is 30.1 Å². The molecule has 142 valence electrons. The van der Waals surface area contributed by atoms with Gasteiger partial charge in [0.05, 0.1) is 12.8 Å². The highest BCUT2D eigenvalue weighted by atomic mass is 16.5. The molecular formula is C20H22N2O5. The molecule has 0 aliphatic carbocycles. The smallest absolute Gasteiger partial charge is 0.306 e. The summed E-state index contributed by atoms with van der Waals surface area (Å²) in [5, 5.41) is 5.38. The van der Waals surface area contributed by atoms with Gasteiger partial charge in [0.25, 0.3) is 11.8 Å². The molecule has 2 N–H and O–H groups in total. The number of rotatable bonds is 8. The Kier molecular flexibility index (Phi) is 7.37. The first-order valence-electron chi connectivity index (χ1n) is 8.53. The van der Waals surface area contributed by atoms with Crippen LogP contribution in [0.5, 0.6) is 5.75 Å². The molecule has 0 saturated carbocycles. The Morgan fingerprint density at radius 2 is 1.67 bits per heavy atom. The van der Waals surface area contributed by atoms with Gasteiger partial charge < -0.3 is 20.1 Å². The molecule has 7 heteroatoms. The van der Waals surface area contributed by atoms with Crippen LogP contribution in [0.4, 0.5) is 11.4 Å². The highest BCUT2D eigenvalue weighted by Gasteiger charge is 2.11. The maximum absolute atomic E-state index is 12.3. The average molecular weight is 370 g/mol. The molecule has 7 nitrogen and oxygen atoms in total. The van der Waals surface area contributed by atoms with Crippen molar-refractivity contribution in [2.45, 2.75) is 19.8 Å². The summed E-state index contributed by atoms with van der Waals surface area (Å²) in [6.45, 7) is 1.52. The van der Waals surface area contributed by atoms with E-state index in [1.807, 2.05) is 13.0 Å². The first kappa shape index (κ1) is 20.0. The molecule has 0 atom stereocenters. The van der Waals surface area contributed by atoms with Crippen LogP contribution in [0.2, 0.25) is 0 Å². The van der Waals surface area contributed by atoms with Crippen LogP contribution in [-0.2, 0) is 14.3 Å². The van der Waals surface area contributed by atoms with E-state index >= 15 is 0 Å². The van der Waals surface area contributed by atoms with Gasteiger partial charge in [-0.1, -0.05) is 19.1 Å². The molecule has 0 bridgehead atoms. The van der Waals surface area contributed by atoms with Gasteiger partial charge in [0.15, 0.2) is 6.61 Å². The van der Waals surface area contributed by atoms with Crippen LogP contribution in [0, 0.1) is 0 Å². The van der Waals surface area contributed by atoms with Crippen molar-refractivity contribution >= 4 is 29.2 Å². The Morgan fingerprint density at radius 1 is 0.963 bits per heavy atom. The van der Waals surface area contributed by atoms with E-state index in [0.717, 1.165) is 0 Å². The number of methoxy groups -OCH3 is 1. The number of carbonyl (C=O) groups is 3. The Morgan fingerprint density at radius 3 is 2.33 bits per heavy atom. The number of nitrogens with one attached hydrogen (secondary N) is 2. The summed E-state index contributed by atoms with van der Waals surface area (Å²) in [4.78, 5) is 35.4. The van der Waals surface area contributed by atoms with E-state index in [1.165, 1.54) is 7.11 Å². The number of amides is 2. The standard InChI is InChI=1S/C20H22N2O5/c1-3-6-19(24)27-13-18(23)21-15-11-9-14(10-12-15)20(25)22-16-7-4-5-8-17(16)26-2/h4-5,7-12H,3,6,13H2,1-2H3,(H,21,23)(H,22,25). The minimum Gasteiger partial charge on any atom is -0.495 e. The van der Waals surface area contributed by atoms with Crippen LogP contribution in [-0.4, -0.2) is 31.5 Å². The van der Waals surface area contributed by atoms with Gasteiger partial charge in [-0.15, -0.1) is 0 Å². The molecule has 0 radical (unpaired) electrons. The Labute approximate surface area is 157 Å². The molecule has 2 aromatic carbocycles. The van der Waals surface area contributed by atoms with Gasteiger partial charge in [0.1, 0.15) is 5.75 Å². The fourth-order valence-corrected chi connectivity index (χ4v) is 2.27. The van der Waals surface area contributed by atoms with Gasteiger partial charge in [-0.3, -0.25) is 14.4 Å². The number of esters is 1. The fourth-order valence-electron chi connectivity index (χ4n) is 2.27. The number of anilines is 2. The molecule has 0 fully saturated rings. The zero-order valence-corrected chi connectivity index (χ0v) is 15.3. The average Bonchev–Trinajstić information content (AvgIpc) is 2.67. The number of hydrogen-bond acceptors (Lipinski definition) is 5. The molecule has 0 spiro atoms. The molecule has 0 aliphatic rings. The predicted octanol–water partition coefficient (Wildman–Crippen LogP) is 3.23. The van der Waals surface area contributed by atoms with Gasteiger partial charge in [0.2, 0.25) is 0 Å². The van der Waals surface area contributed by atoms with Crippen molar-refractivity contribution in [3.8, 4) is 5.75 Å². The van der Waals surface area contributed by atoms with Gasteiger partial charge >= 0.3 is 5.97 Å². The molecule has 0 aliphatic heterocycles. The van der Waals surface area contributed by atoms with Crippen molar-refractivity contribution in [3.05, 3.63) is 54.1 Å². The molecule has 2 aromatic rings. The summed E-state index contributed by atoms with van der Waals surface area (Å²) >= 11 is 0. The lowest BCUT2D eigenvalue weighted by Crippen LogP contribution is -2.20. The summed E-state index contributed by atoms with van der Waals surface area (Å²) in [6, 6.07) is 13.5. The summed E-state index contributed by atoms with van der Waals surface area (Å²) in [5.41, 5.74) is 1.49. The zero-order valence-electron chi connectivity index (χ0n) is 15.3. The second kappa shape index (κ2) is 9.96. The van der Waals surface area contributed by atoms with E-state index in [0.29, 0.717) is 29.1 Å². The molecular weight excluding hydrogens is 348 g/mol. The van der Waals surface area contributed by atoms with Crippen LogP contribution >= 0.6 is 0 Å². The van der Waals surface area contributed by atoms with Crippen molar-refractivity contribution in [2.75, 3.05) is 24.4 Å². The first-order chi connectivity index (χ1) is 13.0. The van der Waals surface area contributed by atoms with Crippen LogP contribution in [0.15, 0.2) is 48.5 Å². The monoisotopic (exact) mass is 370 g/mol. The lowest BCUT2D eigenvalue weighted by atomic mass is 10.2. The SMILES string of the molecule is CCCC(=O)OCC(=O)Nc1ccc(C(=O)Nc2ccccc2OC)cc1. The topological polar surface area (TPSA) is 93.7 Å². The number of benzene rings is 2. The Hall–Kier alpha value is -3.35. The summed E-state index contributed by atoms with van der Waals surface area (Å²) in [7, 11) is 1.53. The summed E-state index contributed by atoms with van der Waals surface area (Å²) < 4.78 is 10.0. The zero-order chi connectivity index (χ0) is 19.6. The Balaban J connectivity index is 1.91. The molecule has 0 aromatic heterocycles. The van der Waals surface area contributed by atoms with Crippen LogP contribution in [0.25, 0.3) is 0 Å². The van der Waals surface area contributed by atoms with Crippen molar-refractivity contribution in [1.82, 2.24) is 0 Å². The van der Waals surface area contributed by atoms with Crippen molar-refractivity contribution in [3.63, 3.8) is 0 Å². The van der Waals surface area contributed by atoms with Gasteiger partial charge in [-0.2, -0.15) is 0 Å². The second-order valence-corrected chi connectivity index (χ2v) is 5.69. The van der Waals surface area contributed by atoms with E-state index in [9.17, 15) is 14.4 Å². The highest BCUT2D eigenvalue weighted by Crippen LogP contribution is 2.23.